The Balaban J connectivity index is 1.62. The van der Waals surface area contributed by atoms with Crippen LogP contribution >= 0.6 is 0 Å². The summed E-state index contributed by atoms with van der Waals surface area (Å²) >= 11 is 0. The molecule has 2 aliphatic rings. The van der Waals surface area contributed by atoms with Crippen LogP contribution in [0.25, 0.3) is 0 Å². The first kappa shape index (κ1) is 14.1. The number of aryl methyl sites for hydroxylation is 1. The minimum Gasteiger partial charge on any atom is -0.381 e. The molecule has 1 saturated heterocycles. The van der Waals surface area contributed by atoms with Gasteiger partial charge in [-0.15, -0.1) is 0 Å². The highest BCUT2D eigenvalue weighted by atomic mass is 16.5. The number of ether oxygens (including phenoxy) is 1. The molecule has 2 unspecified atom stereocenters. The van der Waals surface area contributed by atoms with E-state index >= 15 is 0 Å². The van der Waals surface area contributed by atoms with Gasteiger partial charge in [-0.3, -0.25) is 0 Å². The van der Waals surface area contributed by atoms with Crippen LogP contribution in [-0.2, 0) is 17.6 Å². The van der Waals surface area contributed by atoms with Gasteiger partial charge in [0.05, 0.1) is 0 Å². The van der Waals surface area contributed by atoms with Crippen LogP contribution in [0, 0.1) is 11.8 Å². The minimum absolute atomic E-state index is 0.673. The van der Waals surface area contributed by atoms with Crippen LogP contribution in [0.1, 0.15) is 36.8 Å². The zero-order valence-corrected chi connectivity index (χ0v) is 12.6. The van der Waals surface area contributed by atoms with Crippen LogP contribution in [0.4, 0.5) is 0 Å². The monoisotopic (exact) mass is 273 g/mol. The van der Waals surface area contributed by atoms with Gasteiger partial charge in [-0.05, 0) is 68.5 Å². The molecule has 0 spiro atoms. The summed E-state index contributed by atoms with van der Waals surface area (Å²) in [6.45, 7) is 1.93. The summed E-state index contributed by atoms with van der Waals surface area (Å²) in [5.74, 6) is 1.66. The molecule has 1 aliphatic heterocycles. The van der Waals surface area contributed by atoms with Crippen molar-refractivity contribution in [3.63, 3.8) is 0 Å². The molecule has 1 aliphatic carbocycles. The predicted octanol–water partition coefficient (Wildman–Crippen LogP) is 3.20. The fourth-order valence-corrected chi connectivity index (χ4v) is 3.96. The third kappa shape index (κ3) is 3.24. The Hall–Kier alpha value is -0.860. The SMILES string of the molecule is CNC(CC1CCOCC1)C1CCc2ccccc2C1. The fraction of sp³-hybridized carbons (Fsp3) is 0.667. The zero-order chi connectivity index (χ0) is 13.8. The highest BCUT2D eigenvalue weighted by Gasteiger charge is 2.27. The van der Waals surface area contributed by atoms with Crippen molar-refractivity contribution < 1.29 is 4.74 Å². The van der Waals surface area contributed by atoms with Crippen LogP contribution in [0.3, 0.4) is 0 Å². The molecule has 0 saturated carbocycles. The number of nitrogens with one attached hydrogen (secondary N) is 1. The van der Waals surface area contributed by atoms with E-state index in [0.717, 1.165) is 25.0 Å². The summed E-state index contributed by atoms with van der Waals surface area (Å²) in [5, 5.41) is 3.61. The Morgan fingerprint density at radius 1 is 1.15 bits per heavy atom. The Labute approximate surface area is 122 Å². The average Bonchev–Trinajstić information content (AvgIpc) is 2.53. The lowest BCUT2D eigenvalue weighted by molar-refractivity contribution is 0.0577. The van der Waals surface area contributed by atoms with Crippen molar-refractivity contribution in [2.75, 3.05) is 20.3 Å². The van der Waals surface area contributed by atoms with E-state index in [-0.39, 0.29) is 0 Å². The molecule has 0 amide bonds. The number of hydrogen-bond donors (Lipinski definition) is 1. The molecule has 1 N–H and O–H groups in total. The maximum absolute atomic E-state index is 5.49. The molecule has 2 nitrogen and oxygen atoms in total. The smallest absolute Gasteiger partial charge is 0.0468 e. The van der Waals surface area contributed by atoms with Gasteiger partial charge in [0.2, 0.25) is 0 Å². The molecule has 2 atom stereocenters. The Morgan fingerprint density at radius 3 is 2.65 bits per heavy atom. The Kier molecular flexibility index (Phi) is 4.74. The molecule has 20 heavy (non-hydrogen) atoms. The summed E-state index contributed by atoms with van der Waals surface area (Å²) in [6.07, 6.45) is 7.68. The van der Waals surface area contributed by atoms with Gasteiger partial charge >= 0.3 is 0 Å². The van der Waals surface area contributed by atoms with E-state index in [1.807, 2.05) is 0 Å². The van der Waals surface area contributed by atoms with E-state index < -0.39 is 0 Å². The molecule has 2 heteroatoms. The quantitative estimate of drug-likeness (QED) is 0.909. The standard InChI is InChI=1S/C18H27NO/c1-19-18(12-14-8-10-20-11-9-14)17-7-6-15-4-2-3-5-16(15)13-17/h2-5,14,17-19H,6-13H2,1H3. The average molecular weight is 273 g/mol. The summed E-state index contributed by atoms with van der Waals surface area (Å²) in [6, 6.07) is 9.66. The van der Waals surface area contributed by atoms with E-state index in [0.29, 0.717) is 6.04 Å². The summed E-state index contributed by atoms with van der Waals surface area (Å²) in [4.78, 5) is 0. The van der Waals surface area contributed by atoms with Crippen molar-refractivity contribution in [1.82, 2.24) is 5.32 Å². The molecule has 110 valence electrons. The van der Waals surface area contributed by atoms with Crippen LogP contribution < -0.4 is 5.32 Å². The predicted molar refractivity (Wildman–Crippen MR) is 83.0 cm³/mol. The molecule has 1 fully saturated rings. The van der Waals surface area contributed by atoms with E-state index in [1.54, 1.807) is 11.1 Å². The second kappa shape index (κ2) is 6.73. The first-order chi connectivity index (χ1) is 9.86. The topological polar surface area (TPSA) is 21.3 Å². The van der Waals surface area contributed by atoms with Gasteiger partial charge < -0.3 is 10.1 Å². The van der Waals surface area contributed by atoms with E-state index in [1.165, 1.54) is 38.5 Å². The van der Waals surface area contributed by atoms with E-state index in [4.69, 9.17) is 4.74 Å². The second-order valence-corrected chi connectivity index (χ2v) is 6.46. The highest BCUT2D eigenvalue weighted by Crippen LogP contribution is 2.31. The molecular formula is C18H27NO. The third-order valence-electron chi connectivity index (χ3n) is 5.25. The van der Waals surface area contributed by atoms with Gasteiger partial charge in [0.25, 0.3) is 0 Å². The second-order valence-electron chi connectivity index (χ2n) is 6.46. The van der Waals surface area contributed by atoms with E-state index in [9.17, 15) is 0 Å². The van der Waals surface area contributed by atoms with Crippen molar-refractivity contribution in [2.45, 2.75) is 44.6 Å². The van der Waals surface area contributed by atoms with Gasteiger partial charge in [0.15, 0.2) is 0 Å². The minimum atomic E-state index is 0.673. The maximum Gasteiger partial charge on any atom is 0.0468 e. The highest BCUT2D eigenvalue weighted by molar-refractivity contribution is 5.30. The van der Waals surface area contributed by atoms with Crippen LogP contribution in [0.5, 0.6) is 0 Å². The first-order valence-electron chi connectivity index (χ1n) is 8.18. The lowest BCUT2D eigenvalue weighted by Crippen LogP contribution is -2.39. The molecule has 0 radical (unpaired) electrons. The van der Waals surface area contributed by atoms with E-state index in [2.05, 4.69) is 36.6 Å². The van der Waals surface area contributed by atoms with Gasteiger partial charge in [0, 0.05) is 19.3 Å². The van der Waals surface area contributed by atoms with Crippen molar-refractivity contribution in [3.8, 4) is 0 Å². The largest absolute Gasteiger partial charge is 0.381 e. The van der Waals surface area contributed by atoms with Crippen LogP contribution in [0.15, 0.2) is 24.3 Å². The Morgan fingerprint density at radius 2 is 1.90 bits per heavy atom. The number of fused-ring (bicyclic) bond motifs is 1. The molecule has 0 bridgehead atoms. The Bertz CT molecular complexity index is 425. The van der Waals surface area contributed by atoms with Gasteiger partial charge in [-0.1, -0.05) is 24.3 Å². The van der Waals surface area contributed by atoms with Crippen molar-refractivity contribution in [1.29, 1.82) is 0 Å². The summed E-state index contributed by atoms with van der Waals surface area (Å²) < 4.78 is 5.49. The van der Waals surface area contributed by atoms with Crippen molar-refractivity contribution in [2.24, 2.45) is 11.8 Å². The van der Waals surface area contributed by atoms with Crippen LogP contribution in [0.2, 0.25) is 0 Å². The van der Waals surface area contributed by atoms with Crippen molar-refractivity contribution >= 4 is 0 Å². The number of rotatable bonds is 4. The first-order valence-corrected chi connectivity index (χ1v) is 8.18. The lowest BCUT2D eigenvalue weighted by atomic mass is 9.77. The summed E-state index contributed by atoms with van der Waals surface area (Å²) in [5.41, 5.74) is 3.15. The zero-order valence-electron chi connectivity index (χ0n) is 12.6. The van der Waals surface area contributed by atoms with Crippen LogP contribution in [-0.4, -0.2) is 26.3 Å². The molecular weight excluding hydrogens is 246 g/mol. The van der Waals surface area contributed by atoms with Gasteiger partial charge in [-0.2, -0.15) is 0 Å². The maximum atomic E-state index is 5.49. The molecule has 1 aromatic carbocycles. The third-order valence-corrected chi connectivity index (χ3v) is 5.25. The molecule has 0 aromatic heterocycles. The molecule has 3 rings (SSSR count). The summed E-state index contributed by atoms with van der Waals surface area (Å²) in [7, 11) is 2.14. The normalized spacial score (nSPS) is 25.1. The molecule has 1 aromatic rings. The van der Waals surface area contributed by atoms with Crippen molar-refractivity contribution in [3.05, 3.63) is 35.4 Å². The van der Waals surface area contributed by atoms with Gasteiger partial charge in [-0.25, -0.2) is 0 Å². The fourth-order valence-electron chi connectivity index (χ4n) is 3.96. The lowest BCUT2D eigenvalue weighted by Gasteiger charge is -2.34. The number of hydrogen-bond acceptors (Lipinski definition) is 2. The van der Waals surface area contributed by atoms with Gasteiger partial charge in [0.1, 0.15) is 0 Å². The molecule has 1 heterocycles. The number of benzene rings is 1.